The molecule has 0 amide bonds. The lowest BCUT2D eigenvalue weighted by Gasteiger charge is -2.20. The number of nitrogen functional groups attached to an aromatic ring is 1. The molecule has 2 unspecified atom stereocenters. The zero-order chi connectivity index (χ0) is 20.6. The number of nitrogens with zero attached hydrogens (tertiary/aromatic N) is 4. The Labute approximate surface area is 167 Å². The molecule has 1 saturated heterocycles. The van der Waals surface area contributed by atoms with Gasteiger partial charge in [-0.3, -0.25) is 4.57 Å². The number of aliphatic hydroxyl groups excluding tert-OH is 3. The number of aromatic nitrogens is 4. The van der Waals surface area contributed by atoms with Crippen LogP contribution in [0.1, 0.15) is 50.6 Å². The molecule has 2 aromatic heterocycles. The Morgan fingerprint density at radius 3 is 2.69 bits per heavy atom. The van der Waals surface area contributed by atoms with Crippen LogP contribution in [0.3, 0.4) is 0 Å². The number of ether oxygens (including phenoxy) is 1. The van der Waals surface area contributed by atoms with Crippen LogP contribution in [0.15, 0.2) is 6.33 Å². The number of rotatable bonds is 4. The minimum atomic E-state index is -1.26. The maximum Gasteiger partial charge on any atom is 0.208 e. The highest BCUT2D eigenvalue weighted by Crippen LogP contribution is 2.33. The lowest BCUT2D eigenvalue weighted by Crippen LogP contribution is -2.33. The van der Waals surface area contributed by atoms with Gasteiger partial charge >= 0.3 is 0 Å². The molecule has 1 aliphatic carbocycles. The van der Waals surface area contributed by atoms with Crippen molar-refractivity contribution < 1.29 is 25.2 Å². The van der Waals surface area contributed by atoms with Crippen molar-refractivity contribution in [3.05, 3.63) is 12.2 Å². The normalized spacial score (nSPS) is 28.6. The van der Waals surface area contributed by atoms with Gasteiger partial charge in [-0.1, -0.05) is 18.8 Å². The van der Waals surface area contributed by atoms with E-state index in [4.69, 9.17) is 10.5 Å². The van der Waals surface area contributed by atoms with Gasteiger partial charge < -0.3 is 30.9 Å². The lowest BCUT2D eigenvalue weighted by atomic mass is 9.96. The van der Waals surface area contributed by atoms with Crippen LogP contribution in [0.4, 0.5) is 5.82 Å². The van der Waals surface area contributed by atoms with E-state index in [9.17, 15) is 20.4 Å². The summed E-state index contributed by atoms with van der Waals surface area (Å²) in [5.41, 5.74) is 6.01. The Morgan fingerprint density at radius 1 is 1.24 bits per heavy atom. The van der Waals surface area contributed by atoms with Gasteiger partial charge in [0.1, 0.15) is 23.8 Å². The fraction of sp³-hybridized carbons (Fsp3) is 0.632. The van der Waals surface area contributed by atoms with Crippen molar-refractivity contribution in [2.24, 2.45) is 0 Å². The molecule has 10 heteroatoms. The van der Waals surface area contributed by atoms with Crippen molar-refractivity contribution in [2.75, 3.05) is 12.3 Å². The fourth-order valence-electron chi connectivity index (χ4n) is 4.01. The second kappa shape index (κ2) is 7.85. The van der Waals surface area contributed by atoms with Crippen molar-refractivity contribution >= 4 is 17.0 Å². The highest BCUT2D eigenvalue weighted by Gasteiger charge is 2.44. The van der Waals surface area contributed by atoms with Gasteiger partial charge in [0, 0.05) is 6.42 Å². The molecule has 2 fully saturated rings. The smallest absolute Gasteiger partial charge is 0.208 e. The first kappa shape index (κ1) is 20.0. The van der Waals surface area contributed by atoms with E-state index in [1.165, 1.54) is 10.9 Å². The summed E-state index contributed by atoms with van der Waals surface area (Å²) >= 11 is 0. The number of anilines is 1. The first-order chi connectivity index (χ1) is 13.9. The van der Waals surface area contributed by atoms with Crippen LogP contribution < -0.4 is 5.73 Å². The number of imidazole rings is 1. The molecule has 0 spiro atoms. The van der Waals surface area contributed by atoms with E-state index in [1.54, 1.807) is 0 Å². The SMILES string of the molecule is Nc1nc(C#CCCC2(O)CCCC2)nc2c1ncn2[C@@H]1O[C@H](CO)C(O)C1O. The average molecular weight is 403 g/mol. The summed E-state index contributed by atoms with van der Waals surface area (Å²) < 4.78 is 6.99. The third-order valence-electron chi connectivity index (χ3n) is 5.69. The molecule has 2 aromatic rings. The molecule has 0 radical (unpaired) electrons. The molecule has 4 rings (SSSR count). The van der Waals surface area contributed by atoms with Gasteiger partial charge in [-0.05, 0) is 25.2 Å². The van der Waals surface area contributed by atoms with Crippen LogP contribution in [0.25, 0.3) is 11.2 Å². The summed E-state index contributed by atoms with van der Waals surface area (Å²) in [6, 6.07) is 0. The number of fused-ring (bicyclic) bond motifs is 1. The van der Waals surface area contributed by atoms with E-state index < -0.39 is 36.7 Å². The van der Waals surface area contributed by atoms with E-state index in [0.29, 0.717) is 24.0 Å². The Bertz CT molecular complexity index is 946. The Morgan fingerprint density at radius 2 is 2.00 bits per heavy atom. The molecule has 29 heavy (non-hydrogen) atoms. The first-order valence-corrected chi connectivity index (χ1v) is 9.76. The second-order valence-corrected chi connectivity index (χ2v) is 7.72. The molecule has 1 aliphatic heterocycles. The Kier molecular flexibility index (Phi) is 5.42. The van der Waals surface area contributed by atoms with Crippen LogP contribution in [-0.2, 0) is 4.74 Å². The van der Waals surface area contributed by atoms with Gasteiger partial charge in [-0.15, -0.1) is 0 Å². The van der Waals surface area contributed by atoms with Crippen molar-refractivity contribution in [3.63, 3.8) is 0 Å². The number of aliphatic hydroxyl groups is 4. The quantitative estimate of drug-likeness (QED) is 0.422. The van der Waals surface area contributed by atoms with Crippen LogP contribution in [0.2, 0.25) is 0 Å². The van der Waals surface area contributed by atoms with E-state index in [-0.39, 0.29) is 11.6 Å². The van der Waals surface area contributed by atoms with E-state index in [2.05, 4.69) is 26.8 Å². The summed E-state index contributed by atoms with van der Waals surface area (Å²) in [5, 5.41) is 39.9. The van der Waals surface area contributed by atoms with E-state index in [1.807, 2.05) is 0 Å². The zero-order valence-electron chi connectivity index (χ0n) is 15.9. The van der Waals surface area contributed by atoms with Gasteiger partial charge in [0.25, 0.3) is 0 Å². The van der Waals surface area contributed by atoms with Crippen LogP contribution >= 0.6 is 0 Å². The first-order valence-electron chi connectivity index (χ1n) is 9.76. The highest BCUT2D eigenvalue weighted by atomic mass is 16.6. The van der Waals surface area contributed by atoms with Crippen molar-refractivity contribution in [1.29, 1.82) is 0 Å². The predicted molar refractivity (Wildman–Crippen MR) is 102 cm³/mol. The molecule has 6 N–H and O–H groups in total. The maximum atomic E-state index is 10.4. The summed E-state index contributed by atoms with van der Waals surface area (Å²) in [5.74, 6) is 6.19. The number of hydrogen-bond acceptors (Lipinski definition) is 9. The van der Waals surface area contributed by atoms with Gasteiger partial charge in [0.05, 0.1) is 18.5 Å². The second-order valence-electron chi connectivity index (χ2n) is 7.72. The monoisotopic (exact) mass is 403 g/mol. The molecular formula is C19H25N5O5. The van der Waals surface area contributed by atoms with Gasteiger partial charge in [-0.25, -0.2) is 15.0 Å². The van der Waals surface area contributed by atoms with E-state index >= 15 is 0 Å². The molecule has 3 heterocycles. The summed E-state index contributed by atoms with van der Waals surface area (Å²) in [6.07, 6.45) is 1.86. The molecule has 156 valence electrons. The molecule has 0 aromatic carbocycles. The highest BCUT2D eigenvalue weighted by molar-refractivity contribution is 5.82. The Hall–Kier alpha value is -2.29. The molecular weight excluding hydrogens is 378 g/mol. The number of hydrogen-bond donors (Lipinski definition) is 5. The standard InChI is InChI=1S/C19H25N5O5/c20-16-13-17(24(10-21-13)18-15(27)14(26)11(9-25)29-18)23-12(22-16)5-1-2-6-19(28)7-3-4-8-19/h10-11,14-15,18,25-28H,2-4,6-9H2,(H2,20,22,23)/t11-,14?,15?,18-/m1/s1. The minimum absolute atomic E-state index is 0.138. The third-order valence-corrected chi connectivity index (χ3v) is 5.69. The van der Waals surface area contributed by atoms with Crippen molar-refractivity contribution in [1.82, 2.24) is 19.5 Å². The minimum Gasteiger partial charge on any atom is -0.394 e. The van der Waals surface area contributed by atoms with Crippen LogP contribution in [0, 0.1) is 11.8 Å². The summed E-state index contributed by atoms with van der Waals surface area (Å²) in [7, 11) is 0. The van der Waals surface area contributed by atoms with Gasteiger partial charge in [-0.2, -0.15) is 0 Å². The summed E-state index contributed by atoms with van der Waals surface area (Å²) in [4.78, 5) is 12.7. The average Bonchev–Trinajstić information content (AvgIpc) is 3.39. The van der Waals surface area contributed by atoms with Crippen LogP contribution in [0.5, 0.6) is 0 Å². The van der Waals surface area contributed by atoms with E-state index in [0.717, 1.165) is 25.7 Å². The van der Waals surface area contributed by atoms with Gasteiger partial charge in [0.2, 0.25) is 5.82 Å². The largest absolute Gasteiger partial charge is 0.394 e. The lowest BCUT2D eigenvalue weighted by molar-refractivity contribution is -0.0511. The number of nitrogens with two attached hydrogens (primary N) is 1. The molecule has 0 bridgehead atoms. The molecule has 2 aliphatic rings. The summed E-state index contributed by atoms with van der Waals surface area (Å²) in [6.45, 7) is -0.429. The molecule has 1 saturated carbocycles. The van der Waals surface area contributed by atoms with Crippen molar-refractivity contribution in [3.8, 4) is 11.8 Å². The van der Waals surface area contributed by atoms with Crippen LogP contribution in [-0.4, -0.2) is 70.5 Å². The molecule has 4 atom stereocenters. The Balaban J connectivity index is 1.57. The maximum absolute atomic E-state index is 10.4. The zero-order valence-corrected chi connectivity index (χ0v) is 15.9. The predicted octanol–water partition coefficient (Wildman–Crippen LogP) is -0.543. The van der Waals surface area contributed by atoms with Gasteiger partial charge in [0.15, 0.2) is 17.7 Å². The third kappa shape index (κ3) is 3.80. The fourth-order valence-corrected chi connectivity index (χ4v) is 4.01. The molecule has 10 nitrogen and oxygen atoms in total. The topological polar surface area (TPSA) is 160 Å². The van der Waals surface area contributed by atoms with Crippen molar-refractivity contribution in [2.45, 2.75) is 68.7 Å².